The van der Waals surface area contributed by atoms with Crippen LogP contribution in [-0.4, -0.2) is 50.1 Å². The molecule has 0 aliphatic rings. The molecule has 0 amide bonds. The molecule has 4 heteroatoms. The van der Waals surface area contributed by atoms with Gasteiger partial charge < -0.3 is 14.6 Å². The first-order chi connectivity index (χ1) is 8.97. The van der Waals surface area contributed by atoms with Gasteiger partial charge in [-0.2, -0.15) is 0 Å². The Morgan fingerprint density at radius 3 is 2.58 bits per heavy atom. The highest BCUT2D eigenvalue weighted by atomic mass is 16.3. The zero-order valence-corrected chi connectivity index (χ0v) is 13.3. The van der Waals surface area contributed by atoms with Gasteiger partial charge in [-0.1, -0.05) is 6.92 Å². The Morgan fingerprint density at radius 1 is 1.37 bits per heavy atom. The molecule has 1 atom stereocenters. The Hall–Kier alpha value is -0.840. The summed E-state index contributed by atoms with van der Waals surface area (Å²) in [5.74, 6) is 2.09. The second-order valence-corrected chi connectivity index (χ2v) is 5.50. The van der Waals surface area contributed by atoms with Gasteiger partial charge in [0.25, 0.3) is 0 Å². The van der Waals surface area contributed by atoms with Gasteiger partial charge in [0.05, 0.1) is 6.54 Å². The van der Waals surface area contributed by atoms with Crippen LogP contribution in [0.1, 0.15) is 30.9 Å². The molecule has 1 heterocycles. The molecule has 4 nitrogen and oxygen atoms in total. The van der Waals surface area contributed by atoms with Crippen molar-refractivity contribution in [1.82, 2.24) is 15.1 Å². The van der Waals surface area contributed by atoms with E-state index in [2.05, 4.69) is 49.1 Å². The molecule has 1 rings (SSSR count). The highest BCUT2D eigenvalue weighted by Gasteiger charge is 2.16. The van der Waals surface area contributed by atoms with E-state index < -0.39 is 0 Å². The Morgan fingerprint density at radius 2 is 2.05 bits per heavy atom. The quantitative estimate of drug-likeness (QED) is 0.781. The number of nitrogens with zero attached hydrogens (tertiary/aromatic N) is 2. The maximum atomic E-state index is 5.86. The molecular weight excluding hydrogens is 238 g/mol. The van der Waals surface area contributed by atoms with Gasteiger partial charge >= 0.3 is 0 Å². The van der Waals surface area contributed by atoms with Crippen LogP contribution in [0, 0.1) is 6.92 Å². The minimum Gasteiger partial charge on any atom is -0.465 e. The summed E-state index contributed by atoms with van der Waals surface area (Å²) in [6.45, 7) is 10.4. The van der Waals surface area contributed by atoms with Gasteiger partial charge in [0, 0.05) is 24.7 Å². The Kier molecular flexibility index (Phi) is 6.55. The van der Waals surface area contributed by atoms with E-state index in [4.69, 9.17) is 4.42 Å². The van der Waals surface area contributed by atoms with E-state index in [-0.39, 0.29) is 0 Å². The van der Waals surface area contributed by atoms with Crippen molar-refractivity contribution < 1.29 is 4.42 Å². The van der Waals surface area contributed by atoms with Crippen molar-refractivity contribution in [3.05, 3.63) is 23.2 Å². The average Bonchev–Trinajstić information content (AvgIpc) is 2.66. The molecule has 0 saturated carbocycles. The molecule has 0 spiro atoms. The van der Waals surface area contributed by atoms with E-state index in [1.807, 2.05) is 14.0 Å². The van der Waals surface area contributed by atoms with Crippen molar-refractivity contribution in [2.45, 2.75) is 39.9 Å². The molecule has 1 unspecified atom stereocenters. The van der Waals surface area contributed by atoms with Gasteiger partial charge in [-0.15, -0.1) is 0 Å². The topological polar surface area (TPSA) is 31.6 Å². The van der Waals surface area contributed by atoms with Crippen LogP contribution in [0.3, 0.4) is 0 Å². The maximum Gasteiger partial charge on any atom is 0.118 e. The van der Waals surface area contributed by atoms with Crippen LogP contribution in [-0.2, 0) is 13.1 Å². The summed E-state index contributed by atoms with van der Waals surface area (Å²) in [7, 11) is 6.20. The monoisotopic (exact) mass is 267 g/mol. The Labute approximate surface area is 117 Å². The highest BCUT2D eigenvalue weighted by molar-refractivity contribution is 5.20. The molecule has 0 aromatic carbocycles. The predicted octanol–water partition coefficient (Wildman–Crippen LogP) is 2.08. The summed E-state index contributed by atoms with van der Waals surface area (Å²) < 4.78 is 5.86. The minimum atomic E-state index is 0.526. The van der Waals surface area contributed by atoms with Gasteiger partial charge in [0.15, 0.2) is 0 Å². The first kappa shape index (κ1) is 16.2. The second kappa shape index (κ2) is 7.68. The van der Waals surface area contributed by atoms with Gasteiger partial charge in [0.2, 0.25) is 0 Å². The van der Waals surface area contributed by atoms with E-state index in [1.54, 1.807) is 0 Å². The Bertz CT molecular complexity index is 373. The van der Waals surface area contributed by atoms with Crippen molar-refractivity contribution in [1.29, 1.82) is 0 Å². The third-order valence-corrected chi connectivity index (χ3v) is 3.46. The van der Waals surface area contributed by atoms with E-state index >= 15 is 0 Å². The highest BCUT2D eigenvalue weighted by Crippen LogP contribution is 2.17. The van der Waals surface area contributed by atoms with Crippen molar-refractivity contribution in [2.75, 3.05) is 34.2 Å². The number of hydrogen-bond acceptors (Lipinski definition) is 4. The average molecular weight is 267 g/mol. The molecule has 0 bridgehead atoms. The SMILES string of the molecule is CCN(Cc1cc(CNC)c(C)o1)C(C)CN(C)C. The first-order valence-electron chi connectivity index (χ1n) is 7.09. The molecule has 0 aliphatic carbocycles. The molecule has 0 radical (unpaired) electrons. The number of rotatable bonds is 8. The number of nitrogens with one attached hydrogen (secondary N) is 1. The van der Waals surface area contributed by atoms with Crippen molar-refractivity contribution in [3.63, 3.8) is 0 Å². The van der Waals surface area contributed by atoms with Crippen LogP contribution in [0.25, 0.3) is 0 Å². The van der Waals surface area contributed by atoms with Gasteiger partial charge in [-0.3, -0.25) is 4.90 Å². The molecule has 19 heavy (non-hydrogen) atoms. The van der Waals surface area contributed by atoms with E-state index in [9.17, 15) is 0 Å². The van der Waals surface area contributed by atoms with Crippen molar-refractivity contribution in [2.24, 2.45) is 0 Å². The molecule has 0 saturated heterocycles. The molecule has 1 aromatic heterocycles. The molecular formula is C15H29N3O. The molecule has 110 valence electrons. The zero-order valence-electron chi connectivity index (χ0n) is 13.3. The lowest BCUT2D eigenvalue weighted by atomic mass is 10.2. The van der Waals surface area contributed by atoms with Crippen LogP contribution >= 0.6 is 0 Å². The van der Waals surface area contributed by atoms with Crippen LogP contribution in [0.4, 0.5) is 0 Å². The summed E-state index contributed by atoms with van der Waals surface area (Å²) in [4.78, 5) is 4.68. The third-order valence-electron chi connectivity index (χ3n) is 3.46. The molecule has 1 aromatic rings. The lowest BCUT2D eigenvalue weighted by molar-refractivity contribution is 0.162. The molecule has 0 fully saturated rings. The fourth-order valence-corrected chi connectivity index (χ4v) is 2.45. The molecule has 1 N–H and O–H groups in total. The van der Waals surface area contributed by atoms with E-state index in [1.165, 1.54) is 5.56 Å². The summed E-state index contributed by atoms with van der Waals surface area (Å²) in [5, 5.41) is 3.17. The van der Waals surface area contributed by atoms with E-state index in [0.717, 1.165) is 37.7 Å². The number of hydrogen-bond donors (Lipinski definition) is 1. The third kappa shape index (κ3) is 4.97. The molecule has 0 aliphatic heterocycles. The largest absolute Gasteiger partial charge is 0.465 e. The lowest BCUT2D eigenvalue weighted by Gasteiger charge is -2.29. The Balaban J connectivity index is 2.67. The van der Waals surface area contributed by atoms with Gasteiger partial charge in [-0.25, -0.2) is 0 Å². The smallest absolute Gasteiger partial charge is 0.118 e. The van der Waals surface area contributed by atoms with Gasteiger partial charge in [0.1, 0.15) is 11.5 Å². The number of furan rings is 1. The van der Waals surface area contributed by atoms with E-state index in [0.29, 0.717) is 6.04 Å². The van der Waals surface area contributed by atoms with Crippen LogP contribution < -0.4 is 5.32 Å². The normalized spacial score (nSPS) is 13.5. The minimum absolute atomic E-state index is 0.526. The number of aryl methyl sites for hydroxylation is 1. The number of likely N-dealkylation sites (N-methyl/N-ethyl adjacent to an activating group) is 2. The van der Waals surface area contributed by atoms with Crippen molar-refractivity contribution >= 4 is 0 Å². The first-order valence-corrected chi connectivity index (χ1v) is 7.09. The summed E-state index contributed by atoms with van der Waals surface area (Å²) in [6, 6.07) is 2.70. The fourth-order valence-electron chi connectivity index (χ4n) is 2.45. The fraction of sp³-hybridized carbons (Fsp3) is 0.733. The van der Waals surface area contributed by atoms with Crippen LogP contribution in [0.5, 0.6) is 0 Å². The predicted molar refractivity (Wildman–Crippen MR) is 80.3 cm³/mol. The van der Waals surface area contributed by atoms with Gasteiger partial charge in [-0.05, 0) is 47.6 Å². The second-order valence-electron chi connectivity index (χ2n) is 5.50. The summed E-state index contributed by atoms with van der Waals surface area (Å²) >= 11 is 0. The standard InChI is InChI=1S/C15H29N3O/c1-7-18(12(2)10-17(5)6)11-15-8-14(9-16-4)13(3)19-15/h8,12,16H,7,9-11H2,1-6H3. The van der Waals surface area contributed by atoms with Crippen molar-refractivity contribution in [3.8, 4) is 0 Å². The van der Waals surface area contributed by atoms with Crippen LogP contribution in [0.2, 0.25) is 0 Å². The lowest BCUT2D eigenvalue weighted by Crippen LogP contribution is -2.39. The maximum absolute atomic E-state index is 5.86. The van der Waals surface area contributed by atoms with Crippen LogP contribution in [0.15, 0.2) is 10.5 Å². The summed E-state index contributed by atoms with van der Waals surface area (Å²) in [5.41, 5.74) is 1.26. The summed E-state index contributed by atoms with van der Waals surface area (Å²) in [6.07, 6.45) is 0. The zero-order chi connectivity index (χ0) is 14.4.